The summed E-state index contributed by atoms with van der Waals surface area (Å²) in [7, 11) is 0. The minimum absolute atomic E-state index is 0.0513. The first-order valence-electron chi connectivity index (χ1n) is 6.32. The highest BCUT2D eigenvalue weighted by Gasteiger charge is 2.14. The number of aromatic hydroxyl groups is 1. The largest absolute Gasteiger partial charge is 0.507 e. The van der Waals surface area contributed by atoms with Crippen molar-refractivity contribution < 1.29 is 19.4 Å². The summed E-state index contributed by atoms with van der Waals surface area (Å²) < 4.78 is 14.3. The third-order valence-electron chi connectivity index (χ3n) is 3.39. The lowest BCUT2D eigenvalue weighted by Crippen LogP contribution is -1.96. The highest BCUT2D eigenvalue weighted by Crippen LogP contribution is 2.36. The third kappa shape index (κ3) is 2.21. The number of hydrogen-bond acceptors (Lipinski definition) is 2. The van der Waals surface area contributed by atoms with E-state index < -0.39 is 11.8 Å². The van der Waals surface area contributed by atoms with Crippen LogP contribution in [0.5, 0.6) is 5.75 Å². The molecular weight excluding hydrogens is 271 g/mol. The van der Waals surface area contributed by atoms with Crippen LogP contribution < -0.4 is 0 Å². The molecule has 0 unspecified atom stereocenters. The van der Waals surface area contributed by atoms with Crippen molar-refractivity contribution >= 4 is 16.7 Å². The second kappa shape index (κ2) is 4.90. The number of carboxylic acids is 1. The zero-order valence-corrected chi connectivity index (χ0v) is 10.9. The maximum Gasteiger partial charge on any atom is 0.335 e. The zero-order chi connectivity index (χ0) is 15.0. The molecule has 0 aliphatic rings. The van der Waals surface area contributed by atoms with Crippen LogP contribution in [0.15, 0.2) is 54.6 Å². The smallest absolute Gasteiger partial charge is 0.335 e. The predicted molar refractivity (Wildman–Crippen MR) is 78.0 cm³/mol. The van der Waals surface area contributed by atoms with Crippen LogP contribution >= 0.6 is 0 Å². The SMILES string of the molecule is O=C(O)c1ccc2ccc(F)c(-c3ccccc3O)c2c1. The minimum atomic E-state index is -1.08. The zero-order valence-electron chi connectivity index (χ0n) is 10.9. The predicted octanol–water partition coefficient (Wildman–Crippen LogP) is 4.05. The molecule has 3 aromatic rings. The van der Waals surface area contributed by atoms with Gasteiger partial charge in [-0.25, -0.2) is 9.18 Å². The van der Waals surface area contributed by atoms with Crippen LogP contribution in [-0.4, -0.2) is 16.2 Å². The number of aromatic carboxylic acids is 1. The number of rotatable bonds is 2. The van der Waals surface area contributed by atoms with Crippen LogP contribution in [-0.2, 0) is 0 Å². The fraction of sp³-hybridized carbons (Fsp3) is 0. The van der Waals surface area contributed by atoms with Gasteiger partial charge in [0.2, 0.25) is 0 Å². The van der Waals surface area contributed by atoms with Gasteiger partial charge < -0.3 is 10.2 Å². The monoisotopic (exact) mass is 282 g/mol. The molecule has 0 saturated heterocycles. The van der Waals surface area contributed by atoms with E-state index in [4.69, 9.17) is 5.11 Å². The quantitative estimate of drug-likeness (QED) is 0.745. The fourth-order valence-corrected chi connectivity index (χ4v) is 2.38. The highest BCUT2D eigenvalue weighted by molar-refractivity contribution is 6.02. The van der Waals surface area contributed by atoms with Crippen molar-refractivity contribution in [3.8, 4) is 16.9 Å². The molecule has 0 amide bonds. The molecule has 3 rings (SSSR count). The van der Waals surface area contributed by atoms with Crippen LogP contribution in [0.2, 0.25) is 0 Å². The molecule has 0 spiro atoms. The fourth-order valence-electron chi connectivity index (χ4n) is 2.38. The van der Waals surface area contributed by atoms with E-state index >= 15 is 0 Å². The van der Waals surface area contributed by atoms with Gasteiger partial charge in [0.05, 0.1) is 5.56 Å². The first kappa shape index (κ1) is 13.1. The molecule has 0 aliphatic carbocycles. The summed E-state index contributed by atoms with van der Waals surface area (Å²) in [4.78, 5) is 11.1. The van der Waals surface area contributed by atoms with Gasteiger partial charge in [-0.05, 0) is 35.0 Å². The molecule has 0 saturated carbocycles. The Morgan fingerprint density at radius 1 is 1.00 bits per heavy atom. The van der Waals surface area contributed by atoms with Gasteiger partial charge >= 0.3 is 5.97 Å². The van der Waals surface area contributed by atoms with E-state index in [0.717, 1.165) is 0 Å². The number of fused-ring (bicyclic) bond motifs is 1. The van der Waals surface area contributed by atoms with Crippen molar-refractivity contribution in [2.24, 2.45) is 0 Å². The van der Waals surface area contributed by atoms with Gasteiger partial charge in [-0.3, -0.25) is 0 Å². The van der Waals surface area contributed by atoms with E-state index in [1.807, 2.05) is 0 Å². The van der Waals surface area contributed by atoms with Crippen molar-refractivity contribution in [1.82, 2.24) is 0 Å². The number of para-hydroxylation sites is 1. The Balaban J connectivity index is 2.40. The van der Waals surface area contributed by atoms with Crippen LogP contribution in [0.25, 0.3) is 21.9 Å². The molecule has 3 aromatic carbocycles. The summed E-state index contributed by atoms with van der Waals surface area (Å²) in [5, 5.41) is 20.2. The Bertz CT molecular complexity index is 856. The maximum atomic E-state index is 14.3. The van der Waals surface area contributed by atoms with Gasteiger partial charge in [0, 0.05) is 11.1 Å². The van der Waals surface area contributed by atoms with Crippen molar-refractivity contribution in [3.63, 3.8) is 0 Å². The van der Waals surface area contributed by atoms with E-state index in [9.17, 15) is 14.3 Å². The Hall–Kier alpha value is -2.88. The number of phenolic OH excluding ortho intramolecular Hbond substituents is 1. The molecule has 0 radical (unpaired) electrons. The van der Waals surface area contributed by atoms with Crippen LogP contribution in [0.1, 0.15) is 10.4 Å². The molecule has 0 bridgehead atoms. The Morgan fingerprint density at radius 2 is 1.71 bits per heavy atom. The average Bonchev–Trinajstić information content (AvgIpc) is 2.48. The number of carboxylic acid groups (broad SMARTS) is 1. The Labute approximate surface area is 119 Å². The lowest BCUT2D eigenvalue weighted by atomic mass is 9.95. The van der Waals surface area contributed by atoms with Crippen LogP contribution in [0.4, 0.5) is 4.39 Å². The third-order valence-corrected chi connectivity index (χ3v) is 3.39. The Kier molecular flexibility index (Phi) is 3.06. The van der Waals surface area contributed by atoms with Crippen molar-refractivity contribution in [2.75, 3.05) is 0 Å². The summed E-state index contributed by atoms with van der Waals surface area (Å²) >= 11 is 0. The summed E-state index contributed by atoms with van der Waals surface area (Å²) in [5.74, 6) is -1.64. The standard InChI is InChI=1S/C17H11FO3/c18-14-8-7-10-5-6-11(17(20)21)9-13(10)16(14)12-3-1-2-4-15(12)19/h1-9,19H,(H,20,21). The lowest BCUT2D eigenvalue weighted by molar-refractivity contribution is 0.0697. The molecule has 0 aliphatic heterocycles. The van der Waals surface area contributed by atoms with E-state index in [2.05, 4.69) is 0 Å². The number of hydrogen-bond donors (Lipinski definition) is 2. The van der Waals surface area contributed by atoms with Gasteiger partial charge in [-0.2, -0.15) is 0 Å². The van der Waals surface area contributed by atoms with Gasteiger partial charge in [0.25, 0.3) is 0 Å². The van der Waals surface area contributed by atoms with Crippen LogP contribution in [0, 0.1) is 5.82 Å². The molecule has 0 heterocycles. The number of benzene rings is 3. The lowest BCUT2D eigenvalue weighted by Gasteiger charge is -2.10. The molecule has 0 atom stereocenters. The molecule has 3 nitrogen and oxygen atoms in total. The van der Waals surface area contributed by atoms with Crippen molar-refractivity contribution in [2.45, 2.75) is 0 Å². The number of carbonyl (C=O) groups is 1. The van der Waals surface area contributed by atoms with Crippen LogP contribution in [0.3, 0.4) is 0 Å². The molecule has 0 fully saturated rings. The van der Waals surface area contributed by atoms with E-state index in [0.29, 0.717) is 16.3 Å². The maximum absolute atomic E-state index is 14.3. The molecule has 21 heavy (non-hydrogen) atoms. The summed E-state index contributed by atoms with van der Waals surface area (Å²) in [5.41, 5.74) is 0.613. The molecular formula is C17H11FO3. The first-order chi connectivity index (χ1) is 10.1. The van der Waals surface area contributed by atoms with Gasteiger partial charge in [-0.15, -0.1) is 0 Å². The van der Waals surface area contributed by atoms with Gasteiger partial charge in [0.15, 0.2) is 0 Å². The van der Waals surface area contributed by atoms with E-state index in [1.54, 1.807) is 30.3 Å². The summed E-state index contributed by atoms with van der Waals surface area (Å²) in [6.45, 7) is 0. The second-order valence-electron chi connectivity index (χ2n) is 4.68. The summed E-state index contributed by atoms with van der Waals surface area (Å²) in [6, 6.07) is 13.8. The van der Waals surface area contributed by atoms with E-state index in [1.165, 1.54) is 24.3 Å². The highest BCUT2D eigenvalue weighted by atomic mass is 19.1. The molecule has 104 valence electrons. The van der Waals surface area contributed by atoms with Gasteiger partial charge in [-0.1, -0.05) is 30.3 Å². The topological polar surface area (TPSA) is 57.5 Å². The number of phenols is 1. The Morgan fingerprint density at radius 3 is 2.43 bits per heavy atom. The van der Waals surface area contributed by atoms with Crippen molar-refractivity contribution in [1.29, 1.82) is 0 Å². The minimum Gasteiger partial charge on any atom is -0.507 e. The van der Waals surface area contributed by atoms with E-state index in [-0.39, 0.29) is 16.9 Å². The second-order valence-corrected chi connectivity index (χ2v) is 4.68. The molecule has 0 aromatic heterocycles. The summed E-state index contributed by atoms with van der Waals surface area (Å²) in [6.07, 6.45) is 0. The average molecular weight is 282 g/mol. The van der Waals surface area contributed by atoms with Gasteiger partial charge in [0.1, 0.15) is 11.6 Å². The van der Waals surface area contributed by atoms with Crippen molar-refractivity contribution in [3.05, 3.63) is 66.0 Å². The first-order valence-corrected chi connectivity index (χ1v) is 6.32. The normalized spacial score (nSPS) is 10.7. The molecule has 2 N–H and O–H groups in total. The molecule has 4 heteroatoms. The number of halogens is 1.